The van der Waals surface area contributed by atoms with Crippen molar-refractivity contribution in [3.05, 3.63) is 67.0 Å². The van der Waals surface area contributed by atoms with E-state index in [1.165, 1.54) is 0 Å². The molecule has 0 fully saturated rings. The Morgan fingerprint density at radius 2 is 2.00 bits per heavy atom. The normalized spacial score (nSPS) is 10.9. The first-order chi connectivity index (χ1) is 9.93. The molecular weight excluding hydrogens is 302 g/mol. The zero-order chi connectivity index (χ0) is 15.6. The highest BCUT2D eigenvalue weighted by molar-refractivity contribution is 6.30. The zero-order valence-electron chi connectivity index (χ0n) is 11.3. The van der Waals surface area contributed by atoms with Gasteiger partial charge in [-0.2, -0.15) is 0 Å². The van der Waals surface area contributed by atoms with Gasteiger partial charge in [-0.15, -0.1) is 0 Å². The van der Waals surface area contributed by atoms with Crippen LogP contribution in [0.15, 0.2) is 27.8 Å². The first kappa shape index (κ1) is 15.4. The highest BCUT2D eigenvalue weighted by Gasteiger charge is 2.14. The van der Waals surface area contributed by atoms with E-state index in [4.69, 9.17) is 11.6 Å². The van der Waals surface area contributed by atoms with Gasteiger partial charge in [-0.05, 0) is 24.6 Å². The van der Waals surface area contributed by atoms with E-state index in [1.807, 2.05) is 6.92 Å². The Hall–Kier alpha value is -1.95. The molecule has 1 N–H and O–H groups in total. The van der Waals surface area contributed by atoms with Gasteiger partial charge in [-0.1, -0.05) is 24.9 Å². The SMILES string of the molecule is CCCc1c(Cl)[nH]c(=O)n(Cc2cc(F)ccc2F)c1=O. The van der Waals surface area contributed by atoms with Crippen molar-refractivity contribution in [2.45, 2.75) is 26.3 Å². The summed E-state index contributed by atoms with van der Waals surface area (Å²) in [6.45, 7) is 1.50. The van der Waals surface area contributed by atoms with Crippen LogP contribution in [0.2, 0.25) is 5.15 Å². The Morgan fingerprint density at radius 3 is 2.67 bits per heavy atom. The van der Waals surface area contributed by atoms with Crippen molar-refractivity contribution >= 4 is 11.6 Å². The van der Waals surface area contributed by atoms with Gasteiger partial charge in [0.25, 0.3) is 5.56 Å². The largest absolute Gasteiger partial charge is 0.329 e. The van der Waals surface area contributed by atoms with Crippen LogP contribution in [0.1, 0.15) is 24.5 Å². The van der Waals surface area contributed by atoms with Crippen LogP contribution in [0, 0.1) is 11.6 Å². The van der Waals surface area contributed by atoms with Crippen molar-refractivity contribution in [2.24, 2.45) is 0 Å². The molecule has 2 rings (SSSR count). The van der Waals surface area contributed by atoms with Crippen LogP contribution in [0.25, 0.3) is 0 Å². The maximum absolute atomic E-state index is 13.6. The molecule has 7 heteroatoms. The Bertz CT molecular complexity index is 784. The van der Waals surface area contributed by atoms with Crippen LogP contribution in [0.3, 0.4) is 0 Å². The second-order valence-corrected chi connectivity index (χ2v) is 4.98. The average molecular weight is 315 g/mol. The van der Waals surface area contributed by atoms with Crippen molar-refractivity contribution < 1.29 is 8.78 Å². The first-order valence-electron chi connectivity index (χ1n) is 6.39. The molecule has 21 heavy (non-hydrogen) atoms. The summed E-state index contributed by atoms with van der Waals surface area (Å²) in [5.74, 6) is -1.33. The van der Waals surface area contributed by atoms with Gasteiger partial charge < -0.3 is 0 Å². The maximum Gasteiger partial charge on any atom is 0.329 e. The first-order valence-corrected chi connectivity index (χ1v) is 6.77. The average Bonchev–Trinajstić information content (AvgIpc) is 2.43. The number of nitrogens with zero attached hydrogens (tertiary/aromatic N) is 1. The van der Waals surface area contributed by atoms with Gasteiger partial charge in [0.1, 0.15) is 16.8 Å². The molecule has 1 heterocycles. The van der Waals surface area contributed by atoms with Gasteiger partial charge >= 0.3 is 5.69 Å². The summed E-state index contributed by atoms with van der Waals surface area (Å²) in [5.41, 5.74) is -1.16. The lowest BCUT2D eigenvalue weighted by Gasteiger charge is -2.09. The van der Waals surface area contributed by atoms with E-state index >= 15 is 0 Å². The number of rotatable bonds is 4. The van der Waals surface area contributed by atoms with Crippen molar-refractivity contribution in [3.63, 3.8) is 0 Å². The van der Waals surface area contributed by atoms with E-state index in [2.05, 4.69) is 4.98 Å². The lowest BCUT2D eigenvalue weighted by Crippen LogP contribution is -2.38. The number of nitrogens with one attached hydrogen (secondary N) is 1. The molecule has 2 aromatic rings. The van der Waals surface area contributed by atoms with Crippen molar-refractivity contribution in [1.82, 2.24) is 9.55 Å². The number of H-pyrrole nitrogens is 1. The Morgan fingerprint density at radius 1 is 1.29 bits per heavy atom. The Balaban J connectivity index is 2.54. The van der Waals surface area contributed by atoms with Gasteiger partial charge in [0, 0.05) is 5.56 Å². The number of benzene rings is 1. The maximum atomic E-state index is 13.6. The predicted molar refractivity (Wildman–Crippen MR) is 75.8 cm³/mol. The monoisotopic (exact) mass is 314 g/mol. The minimum absolute atomic E-state index is 0.0113. The van der Waals surface area contributed by atoms with E-state index in [-0.39, 0.29) is 22.8 Å². The zero-order valence-corrected chi connectivity index (χ0v) is 12.0. The van der Waals surface area contributed by atoms with Gasteiger partial charge in [0.05, 0.1) is 12.1 Å². The fourth-order valence-electron chi connectivity index (χ4n) is 2.03. The number of aromatic amines is 1. The second-order valence-electron chi connectivity index (χ2n) is 4.60. The van der Waals surface area contributed by atoms with Crippen LogP contribution in [0.5, 0.6) is 0 Å². The molecule has 0 amide bonds. The van der Waals surface area contributed by atoms with Crippen LogP contribution in [-0.2, 0) is 13.0 Å². The third-order valence-electron chi connectivity index (χ3n) is 3.07. The summed E-state index contributed by atoms with van der Waals surface area (Å²) in [5, 5.41) is -0.0113. The molecule has 0 saturated carbocycles. The molecule has 0 aliphatic heterocycles. The van der Waals surface area contributed by atoms with Crippen molar-refractivity contribution in [3.8, 4) is 0 Å². The van der Waals surface area contributed by atoms with E-state index in [0.29, 0.717) is 12.8 Å². The summed E-state index contributed by atoms with van der Waals surface area (Å²) in [7, 11) is 0. The van der Waals surface area contributed by atoms with Gasteiger partial charge in [-0.25, -0.2) is 13.6 Å². The highest BCUT2D eigenvalue weighted by atomic mass is 35.5. The molecule has 0 unspecified atom stereocenters. The molecule has 0 saturated heterocycles. The second kappa shape index (κ2) is 6.22. The highest BCUT2D eigenvalue weighted by Crippen LogP contribution is 2.12. The summed E-state index contributed by atoms with van der Waals surface area (Å²) in [4.78, 5) is 26.4. The smallest absolute Gasteiger partial charge is 0.297 e. The van der Waals surface area contributed by atoms with Crippen LogP contribution >= 0.6 is 11.6 Å². The van der Waals surface area contributed by atoms with Gasteiger partial charge in [0.2, 0.25) is 0 Å². The van der Waals surface area contributed by atoms with E-state index < -0.39 is 22.9 Å². The van der Waals surface area contributed by atoms with Crippen LogP contribution in [0.4, 0.5) is 8.78 Å². The fourth-order valence-corrected chi connectivity index (χ4v) is 2.29. The summed E-state index contributed by atoms with van der Waals surface area (Å²) < 4.78 is 27.6. The summed E-state index contributed by atoms with van der Waals surface area (Å²) in [6.07, 6.45) is 1.05. The van der Waals surface area contributed by atoms with Crippen molar-refractivity contribution in [1.29, 1.82) is 0 Å². The predicted octanol–water partition coefficient (Wildman–Crippen LogP) is 2.47. The van der Waals surface area contributed by atoms with Crippen molar-refractivity contribution in [2.75, 3.05) is 0 Å². The Kier molecular flexibility index (Phi) is 4.57. The van der Waals surface area contributed by atoms with E-state index in [9.17, 15) is 18.4 Å². The van der Waals surface area contributed by atoms with Gasteiger partial charge in [-0.3, -0.25) is 14.3 Å². The molecule has 0 aliphatic carbocycles. The molecule has 0 aliphatic rings. The van der Waals surface area contributed by atoms with Gasteiger partial charge in [0.15, 0.2) is 0 Å². The van der Waals surface area contributed by atoms with E-state index in [0.717, 1.165) is 22.8 Å². The third kappa shape index (κ3) is 3.21. The number of hydrogen-bond donors (Lipinski definition) is 1. The number of aromatic nitrogens is 2. The third-order valence-corrected chi connectivity index (χ3v) is 3.39. The lowest BCUT2D eigenvalue weighted by molar-refractivity contribution is 0.567. The topological polar surface area (TPSA) is 54.9 Å². The van der Waals surface area contributed by atoms with Crippen LogP contribution < -0.4 is 11.2 Å². The number of hydrogen-bond acceptors (Lipinski definition) is 2. The molecule has 1 aromatic carbocycles. The summed E-state index contributed by atoms with van der Waals surface area (Å²) in [6, 6.07) is 2.87. The standard InChI is InChI=1S/C14H13ClF2N2O2/c1-2-3-10-12(15)18-14(21)19(13(10)20)7-8-6-9(16)4-5-11(8)17/h4-6H,2-3,7H2,1H3,(H,18,21). The molecule has 4 nitrogen and oxygen atoms in total. The van der Waals surface area contributed by atoms with Crippen LogP contribution in [-0.4, -0.2) is 9.55 Å². The quantitative estimate of drug-likeness (QED) is 0.881. The molecule has 0 radical (unpaired) electrons. The molecular formula is C14H13ClF2N2O2. The minimum Gasteiger partial charge on any atom is -0.297 e. The fraction of sp³-hybridized carbons (Fsp3) is 0.286. The lowest BCUT2D eigenvalue weighted by atomic mass is 10.2. The minimum atomic E-state index is -0.756. The Labute approximate surface area is 124 Å². The molecule has 1 aromatic heterocycles. The molecule has 0 spiro atoms. The van der Waals surface area contributed by atoms with E-state index in [1.54, 1.807) is 0 Å². The molecule has 0 bridgehead atoms. The summed E-state index contributed by atoms with van der Waals surface area (Å²) >= 11 is 5.84. The molecule has 0 atom stereocenters. The number of halogens is 3. The molecule has 112 valence electrons.